The number of hydrogen-bond donors (Lipinski definition) is 4. The Bertz CT molecular complexity index is 1540. The Morgan fingerprint density at radius 2 is 1.58 bits per heavy atom. The number of piperidine rings is 1. The number of urea groups is 1. The van der Waals surface area contributed by atoms with Gasteiger partial charge in [-0.05, 0) is 59.8 Å². The molecular weight excluding hydrogens is 659 g/mol. The lowest BCUT2D eigenvalue weighted by atomic mass is 9.80. The molecule has 4 fully saturated rings. The standard InChI is InChI=1S/C37H55N5O7S/c1-22(2)28(21-50(48,49)20-24-12-7-5-8-13-24)40-36(47)41-30(25-16-9-6-10-17-25)35(46)42-19-26-29(37(26,3)4)31(42)34(45)39-27(32(43)33(38)44)18-23-14-11-15-23/h5,7-8,12-13,22-23,25-31H,6,9-11,14-21H2,1-4H3,(H2,38,44)(H,39,45)(H2,40,41,47)/t26-,27?,28+,29-,30-,31-/m0/s1. The lowest BCUT2D eigenvalue weighted by Crippen LogP contribution is -2.61. The van der Waals surface area contributed by atoms with Crippen molar-refractivity contribution >= 4 is 39.4 Å². The van der Waals surface area contributed by atoms with E-state index < -0.39 is 57.6 Å². The van der Waals surface area contributed by atoms with E-state index in [0.717, 1.165) is 51.4 Å². The summed E-state index contributed by atoms with van der Waals surface area (Å²) in [6, 6.07) is 4.74. The highest BCUT2D eigenvalue weighted by molar-refractivity contribution is 7.90. The van der Waals surface area contributed by atoms with Gasteiger partial charge in [0.1, 0.15) is 12.1 Å². The van der Waals surface area contributed by atoms with Gasteiger partial charge in [0.05, 0.1) is 17.5 Å². The van der Waals surface area contributed by atoms with E-state index in [9.17, 15) is 32.4 Å². The number of rotatable bonds is 15. The molecule has 1 aliphatic heterocycles. The second-order valence-electron chi connectivity index (χ2n) is 16.1. The summed E-state index contributed by atoms with van der Waals surface area (Å²) >= 11 is 0. The number of nitrogens with two attached hydrogens (primary N) is 1. The molecule has 3 aliphatic carbocycles. The quantitative estimate of drug-likeness (QED) is 0.201. The SMILES string of the molecule is CC(C)[C@@H](CS(=O)(=O)Cc1ccccc1)NC(=O)N[C@H](C(=O)N1C[C@H]2[C@@H]([C@H]1C(=O)NC(CC1CCC1)C(=O)C(N)=O)C2(C)C)C1CCCCC1. The molecule has 5 amide bonds. The van der Waals surface area contributed by atoms with Gasteiger partial charge in [-0.1, -0.05) is 96.6 Å². The molecule has 1 heterocycles. The minimum atomic E-state index is -3.57. The van der Waals surface area contributed by atoms with Crippen LogP contribution in [0.15, 0.2) is 30.3 Å². The fraction of sp³-hybridized carbons (Fsp3) is 0.703. The zero-order chi connectivity index (χ0) is 36.4. The molecule has 0 spiro atoms. The first-order valence-electron chi connectivity index (χ1n) is 18.3. The number of nitrogens with zero attached hydrogens (tertiary/aromatic N) is 1. The number of benzene rings is 1. The van der Waals surface area contributed by atoms with Crippen molar-refractivity contribution in [3.8, 4) is 0 Å². The Kier molecular flexibility index (Phi) is 11.6. The number of carbonyl (C=O) groups excluding carboxylic acids is 5. The van der Waals surface area contributed by atoms with E-state index in [-0.39, 0.29) is 52.4 Å². The third-order valence-corrected chi connectivity index (χ3v) is 13.5. The molecule has 1 saturated heterocycles. The van der Waals surface area contributed by atoms with Gasteiger partial charge in [-0.3, -0.25) is 19.2 Å². The number of likely N-dealkylation sites (tertiary alicyclic amines) is 1. The minimum Gasteiger partial charge on any atom is -0.363 e. The predicted octanol–water partition coefficient (Wildman–Crippen LogP) is 3.09. The van der Waals surface area contributed by atoms with Crippen LogP contribution in [0.3, 0.4) is 0 Å². The zero-order valence-electron chi connectivity index (χ0n) is 29.9. The van der Waals surface area contributed by atoms with Gasteiger partial charge in [-0.25, -0.2) is 13.2 Å². The van der Waals surface area contributed by atoms with E-state index in [2.05, 4.69) is 29.8 Å². The maximum Gasteiger partial charge on any atom is 0.315 e. The Labute approximate surface area is 296 Å². The summed E-state index contributed by atoms with van der Waals surface area (Å²) in [6.07, 6.45) is 7.50. The summed E-state index contributed by atoms with van der Waals surface area (Å²) < 4.78 is 26.3. The van der Waals surface area contributed by atoms with Crippen LogP contribution in [0.4, 0.5) is 4.79 Å². The molecule has 1 aromatic carbocycles. The summed E-state index contributed by atoms with van der Waals surface area (Å²) in [6.45, 7) is 8.15. The fourth-order valence-electron chi connectivity index (χ4n) is 8.48. The number of Topliss-reactive ketones (excluding diaryl/α,β-unsaturated/α-hetero) is 1. The second-order valence-corrected chi connectivity index (χ2v) is 18.2. The second kappa shape index (κ2) is 15.4. The first-order chi connectivity index (χ1) is 23.6. The minimum absolute atomic E-state index is 0.0695. The number of amides is 5. The molecule has 1 aromatic rings. The first kappa shape index (κ1) is 37.8. The van der Waals surface area contributed by atoms with E-state index in [1.807, 2.05) is 19.9 Å². The molecule has 0 bridgehead atoms. The normalized spacial score (nSPS) is 25.1. The molecule has 276 valence electrons. The summed E-state index contributed by atoms with van der Waals surface area (Å²) in [7, 11) is -3.57. The molecule has 4 aliphatic rings. The van der Waals surface area contributed by atoms with Gasteiger partial charge in [-0.15, -0.1) is 0 Å². The molecule has 50 heavy (non-hydrogen) atoms. The van der Waals surface area contributed by atoms with Crippen molar-refractivity contribution in [3.05, 3.63) is 35.9 Å². The summed E-state index contributed by atoms with van der Waals surface area (Å²) in [5, 5.41) is 8.60. The molecule has 6 atom stereocenters. The van der Waals surface area contributed by atoms with E-state index in [0.29, 0.717) is 18.5 Å². The van der Waals surface area contributed by atoms with Crippen LogP contribution in [-0.4, -0.2) is 79.3 Å². The van der Waals surface area contributed by atoms with E-state index in [1.54, 1.807) is 29.2 Å². The zero-order valence-corrected chi connectivity index (χ0v) is 30.7. The topological polar surface area (TPSA) is 185 Å². The van der Waals surface area contributed by atoms with Crippen molar-refractivity contribution in [1.29, 1.82) is 0 Å². The third kappa shape index (κ3) is 8.69. The van der Waals surface area contributed by atoms with Crippen LogP contribution in [0.1, 0.15) is 91.0 Å². The average Bonchev–Trinajstić information content (AvgIpc) is 3.35. The van der Waals surface area contributed by atoms with Crippen molar-refractivity contribution in [2.75, 3.05) is 12.3 Å². The highest BCUT2D eigenvalue weighted by Crippen LogP contribution is 2.65. The van der Waals surface area contributed by atoms with Crippen molar-refractivity contribution in [3.63, 3.8) is 0 Å². The number of primary amides is 1. The van der Waals surface area contributed by atoms with Crippen LogP contribution >= 0.6 is 0 Å². The highest BCUT2D eigenvalue weighted by atomic mass is 32.2. The van der Waals surface area contributed by atoms with Crippen LogP contribution in [-0.2, 0) is 34.8 Å². The smallest absolute Gasteiger partial charge is 0.315 e. The Balaban J connectivity index is 1.32. The van der Waals surface area contributed by atoms with Gasteiger partial charge >= 0.3 is 6.03 Å². The van der Waals surface area contributed by atoms with E-state index in [4.69, 9.17) is 5.73 Å². The molecular formula is C37H55N5O7S. The summed E-state index contributed by atoms with van der Waals surface area (Å²) in [5.41, 5.74) is 5.83. The highest BCUT2D eigenvalue weighted by Gasteiger charge is 2.69. The Hall–Kier alpha value is -3.48. The molecule has 1 unspecified atom stereocenters. The van der Waals surface area contributed by atoms with Crippen molar-refractivity contribution < 1.29 is 32.4 Å². The van der Waals surface area contributed by atoms with Gasteiger partial charge in [0, 0.05) is 12.6 Å². The van der Waals surface area contributed by atoms with Gasteiger partial charge in [0.2, 0.25) is 17.6 Å². The molecule has 0 radical (unpaired) electrons. The lowest BCUT2D eigenvalue weighted by Gasteiger charge is -2.37. The summed E-state index contributed by atoms with van der Waals surface area (Å²) in [4.78, 5) is 68.5. The number of carbonyl (C=O) groups is 5. The third-order valence-electron chi connectivity index (χ3n) is 11.9. The van der Waals surface area contributed by atoms with E-state index in [1.165, 1.54) is 0 Å². The van der Waals surface area contributed by atoms with Gasteiger partial charge in [-0.2, -0.15) is 0 Å². The van der Waals surface area contributed by atoms with Gasteiger partial charge < -0.3 is 26.6 Å². The summed E-state index contributed by atoms with van der Waals surface area (Å²) in [5.74, 6) is -3.38. The molecule has 5 rings (SSSR count). The lowest BCUT2D eigenvalue weighted by molar-refractivity contribution is -0.144. The molecule has 0 aromatic heterocycles. The van der Waals surface area contributed by atoms with Gasteiger partial charge in [0.15, 0.2) is 9.84 Å². The van der Waals surface area contributed by atoms with Crippen molar-refractivity contribution in [2.45, 2.75) is 115 Å². The van der Waals surface area contributed by atoms with Crippen LogP contribution in [0.2, 0.25) is 0 Å². The van der Waals surface area contributed by atoms with Gasteiger partial charge in [0.25, 0.3) is 5.91 Å². The first-order valence-corrected chi connectivity index (χ1v) is 20.2. The van der Waals surface area contributed by atoms with Crippen molar-refractivity contribution in [1.82, 2.24) is 20.9 Å². The maximum atomic E-state index is 14.6. The number of sulfone groups is 1. The van der Waals surface area contributed by atoms with Crippen LogP contribution in [0.25, 0.3) is 0 Å². The number of ketones is 1. The number of hydrogen-bond acceptors (Lipinski definition) is 7. The molecule has 3 saturated carbocycles. The average molecular weight is 714 g/mol. The predicted molar refractivity (Wildman–Crippen MR) is 189 cm³/mol. The number of fused-ring (bicyclic) bond motifs is 1. The molecule has 12 nitrogen and oxygen atoms in total. The largest absolute Gasteiger partial charge is 0.363 e. The Morgan fingerprint density at radius 3 is 2.16 bits per heavy atom. The Morgan fingerprint density at radius 1 is 0.920 bits per heavy atom. The monoisotopic (exact) mass is 713 g/mol. The fourth-order valence-corrected chi connectivity index (χ4v) is 10.3. The molecule has 5 N–H and O–H groups in total. The maximum absolute atomic E-state index is 14.6. The number of nitrogens with one attached hydrogen (secondary N) is 3. The molecule has 13 heteroatoms. The van der Waals surface area contributed by atoms with Crippen molar-refractivity contribution in [2.24, 2.45) is 40.7 Å². The van der Waals surface area contributed by atoms with Crippen LogP contribution in [0.5, 0.6) is 0 Å². The van der Waals surface area contributed by atoms with E-state index >= 15 is 0 Å². The van der Waals surface area contributed by atoms with Crippen LogP contribution in [0, 0.1) is 35.0 Å². The van der Waals surface area contributed by atoms with Crippen LogP contribution < -0.4 is 21.7 Å².